The van der Waals surface area contributed by atoms with Crippen molar-refractivity contribution in [3.63, 3.8) is 0 Å². The highest BCUT2D eigenvalue weighted by Crippen LogP contribution is 2.27. The van der Waals surface area contributed by atoms with E-state index < -0.39 is 28.5 Å². The first kappa shape index (κ1) is 28.5. The normalized spacial score (nSPS) is 12.0. The number of benzene rings is 3. The first-order valence-electron chi connectivity index (χ1n) is 11.7. The van der Waals surface area contributed by atoms with Crippen LogP contribution in [0.4, 0.5) is 5.69 Å². The van der Waals surface area contributed by atoms with Gasteiger partial charge in [0.05, 0.1) is 20.6 Å². The van der Waals surface area contributed by atoms with E-state index in [0.29, 0.717) is 27.7 Å². The molecule has 0 heterocycles. The Morgan fingerprint density at radius 2 is 1.65 bits per heavy atom. The molecule has 2 amide bonds. The van der Waals surface area contributed by atoms with E-state index in [1.807, 2.05) is 13.0 Å². The Hall–Kier alpha value is -3.07. The first-order valence-corrected chi connectivity index (χ1v) is 13.9. The summed E-state index contributed by atoms with van der Waals surface area (Å²) >= 11 is 12.2. The fraction of sp³-hybridized carbons (Fsp3) is 0.259. The lowest BCUT2D eigenvalue weighted by molar-refractivity contribution is -0.140. The Morgan fingerprint density at radius 1 is 0.946 bits per heavy atom. The molecule has 37 heavy (non-hydrogen) atoms. The molecule has 0 radical (unpaired) electrons. The molecule has 0 saturated carbocycles. The lowest BCUT2D eigenvalue weighted by Gasteiger charge is -2.33. The second kappa shape index (κ2) is 12.4. The van der Waals surface area contributed by atoms with E-state index in [2.05, 4.69) is 5.32 Å². The number of aryl methyl sites for hydroxylation is 1. The summed E-state index contributed by atoms with van der Waals surface area (Å²) in [4.78, 5) is 28.0. The molecule has 7 nitrogen and oxygen atoms in total. The maximum atomic E-state index is 13.8. The summed E-state index contributed by atoms with van der Waals surface area (Å²) in [6, 6.07) is 19.0. The number of rotatable bonds is 10. The number of nitrogens with one attached hydrogen (secondary N) is 1. The molecule has 0 aliphatic heterocycles. The number of amides is 2. The van der Waals surface area contributed by atoms with Gasteiger partial charge in [0.15, 0.2) is 0 Å². The van der Waals surface area contributed by atoms with Crippen LogP contribution >= 0.6 is 23.2 Å². The molecule has 0 saturated heterocycles. The highest BCUT2D eigenvalue weighted by atomic mass is 35.5. The van der Waals surface area contributed by atoms with E-state index in [1.54, 1.807) is 61.5 Å². The summed E-state index contributed by atoms with van der Waals surface area (Å²) in [6.07, 6.45) is 0.322. The van der Waals surface area contributed by atoms with Crippen molar-refractivity contribution >= 4 is 50.7 Å². The van der Waals surface area contributed by atoms with Crippen LogP contribution in [0.3, 0.4) is 0 Å². The van der Waals surface area contributed by atoms with E-state index in [-0.39, 0.29) is 17.3 Å². The Kier molecular flexibility index (Phi) is 9.59. The summed E-state index contributed by atoms with van der Waals surface area (Å²) in [5, 5.41) is 3.27. The second-order valence-electron chi connectivity index (χ2n) is 8.47. The zero-order valence-corrected chi connectivity index (χ0v) is 23.1. The van der Waals surface area contributed by atoms with Gasteiger partial charge in [-0.15, -0.1) is 0 Å². The van der Waals surface area contributed by atoms with Crippen LogP contribution in [0.5, 0.6) is 0 Å². The summed E-state index contributed by atoms with van der Waals surface area (Å²) in [5.74, 6) is -0.897. The van der Waals surface area contributed by atoms with Crippen molar-refractivity contribution in [1.29, 1.82) is 0 Å². The quantitative estimate of drug-likeness (QED) is 0.375. The molecule has 196 valence electrons. The third-order valence-corrected chi connectivity index (χ3v) is 8.40. The van der Waals surface area contributed by atoms with Crippen molar-refractivity contribution < 1.29 is 18.0 Å². The van der Waals surface area contributed by atoms with Crippen molar-refractivity contribution in [2.75, 3.05) is 17.9 Å². The van der Waals surface area contributed by atoms with Crippen LogP contribution in [0.2, 0.25) is 10.0 Å². The first-order chi connectivity index (χ1) is 17.6. The van der Waals surface area contributed by atoms with Crippen molar-refractivity contribution in [2.45, 2.75) is 37.8 Å². The summed E-state index contributed by atoms with van der Waals surface area (Å²) in [6.45, 7) is 3.16. The van der Waals surface area contributed by atoms with Crippen LogP contribution in [0.25, 0.3) is 0 Å². The third kappa shape index (κ3) is 6.83. The van der Waals surface area contributed by atoms with Gasteiger partial charge in [-0.05, 0) is 60.9 Å². The van der Waals surface area contributed by atoms with E-state index in [0.717, 1.165) is 9.87 Å². The van der Waals surface area contributed by atoms with Crippen LogP contribution in [-0.2, 0) is 26.2 Å². The van der Waals surface area contributed by atoms with Gasteiger partial charge in [0.1, 0.15) is 12.6 Å². The monoisotopic (exact) mass is 561 g/mol. The number of nitrogens with zero attached hydrogens (tertiary/aromatic N) is 2. The van der Waals surface area contributed by atoms with Gasteiger partial charge in [0.25, 0.3) is 10.0 Å². The van der Waals surface area contributed by atoms with Gasteiger partial charge in [-0.3, -0.25) is 13.9 Å². The summed E-state index contributed by atoms with van der Waals surface area (Å²) < 4.78 is 28.5. The Labute approximate surface area is 228 Å². The van der Waals surface area contributed by atoms with E-state index in [4.69, 9.17) is 23.2 Å². The van der Waals surface area contributed by atoms with Gasteiger partial charge in [0, 0.05) is 13.6 Å². The number of likely N-dealkylation sites (N-methyl/N-ethyl adjacent to an activating group) is 1. The molecule has 1 unspecified atom stereocenters. The number of halogens is 2. The lowest BCUT2D eigenvalue weighted by Crippen LogP contribution is -2.51. The minimum Gasteiger partial charge on any atom is -0.357 e. The molecular formula is C27H29Cl2N3O4S. The number of hydrogen-bond donors (Lipinski definition) is 1. The van der Waals surface area contributed by atoms with Gasteiger partial charge >= 0.3 is 0 Å². The van der Waals surface area contributed by atoms with Crippen LogP contribution in [0.15, 0.2) is 77.7 Å². The molecule has 1 N–H and O–H groups in total. The molecule has 0 spiro atoms. The molecular weight excluding hydrogens is 533 g/mol. The van der Waals surface area contributed by atoms with E-state index in [1.165, 1.54) is 24.1 Å². The number of carbonyl (C=O) groups excluding carboxylic acids is 2. The van der Waals surface area contributed by atoms with Crippen LogP contribution in [0, 0.1) is 6.92 Å². The number of carbonyl (C=O) groups is 2. The average molecular weight is 563 g/mol. The number of sulfonamides is 1. The second-order valence-corrected chi connectivity index (χ2v) is 11.1. The van der Waals surface area contributed by atoms with Crippen LogP contribution < -0.4 is 9.62 Å². The fourth-order valence-electron chi connectivity index (χ4n) is 3.95. The molecule has 0 aliphatic carbocycles. The van der Waals surface area contributed by atoms with Gasteiger partial charge in [-0.25, -0.2) is 8.42 Å². The van der Waals surface area contributed by atoms with Crippen LogP contribution in [0.1, 0.15) is 24.5 Å². The number of hydrogen-bond acceptors (Lipinski definition) is 4. The topological polar surface area (TPSA) is 86.8 Å². The number of anilines is 1. The highest BCUT2D eigenvalue weighted by Gasteiger charge is 2.33. The van der Waals surface area contributed by atoms with Crippen molar-refractivity contribution in [2.24, 2.45) is 0 Å². The molecule has 0 fully saturated rings. The zero-order chi connectivity index (χ0) is 27.2. The van der Waals surface area contributed by atoms with Gasteiger partial charge < -0.3 is 10.2 Å². The average Bonchev–Trinajstić information content (AvgIpc) is 2.89. The summed E-state index contributed by atoms with van der Waals surface area (Å²) in [7, 11) is -2.60. The largest absolute Gasteiger partial charge is 0.357 e. The maximum absolute atomic E-state index is 13.8. The Morgan fingerprint density at radius 3 is 2.24 bits per heavy atom. The van der Waals surface area contributed by atoms with E-state index >= 15 is 0 Å². The SMILES string of the molecule is CCC(C(=O)NC)N(Cc1ccc(Cl)c(Cl)c1)C(=O)CN(c1cccc(C)c1)S(=O)(=O)c1ccccc1. The van der Waals surface area contributed by atoms with Gasteiger partial charge in [-0.1, -0.05) is 66.5 Å². The van der Waals surface area contributed by atoms with Crippen molar-refractivity contribution in [1.82, 2.24) is 10.2 Å². The third-order valence-electron chi connectivity index (χ3n) is 5.87. The highest BCUT2D eigenvalue weighted by molar-refractivity contribution is 7.92. The Balaban J connectivity index is 2.06. The van der Waals surface area contributed by atoms with Crippen LogP contribution in [-0.4, -0.2) is 44.8 Å². The fourth-order valence-corrected chi connectivity index (χ4v) is 5.70. The summed E-state index contributed by atoms with van der Waals surface area (Å²) in [5.41, 5.74) is 1.83. The standard InChI is InChI=1S/C27H29Cl2N3O4S/c1-4-25(27(34)30-3)31(17-20-13-14-23(28)24(29)16-20)26(33)18-32(21-10-8-9-19(2)15-21)37(35,36)22-11-6-5-7-12-22/h5-16,25H,4,17-18H2,1-3H3,(H,30,34). The molecule has 3 rings (SSSR count). The molecule has 0 aliphatic rings. The molecule has 0 bridgehead atoms. The van der Waals surface area contributed by atoms with Gasteiger partial charge in [-0.2, -0.15) is 0 Å². The van der Waals surface area contributed by atoms with E-state index in [9.17, 15) is 18.0 Å². The minimum atomic E-state index is -4.10. The smallest absolute Gasteiger partial charge is 0.264 e. The molecule has 10 heteroatoms. The van der Waals surface area contributed by atoms with Crippen molar-refractivity contribution in [3.05, 3.63) is 94.0 Å². The Bertz CT molecular complexity index is 1370. The lowest BCUT2D eigenvalue weighted by atomic mass is 10.1. The molecule has 0 aromatic heterocycles. The molecule has 3 aromatic rings. The molecule has 3 aromatic carbocycles. The zero-order valence-electron chi connectivity index (χ0n) is 20.8. The van der Waals surface area contributed by atoms with Crippen molar-refractivity contribution in [3.8, 4) is 0 Å². The predicted octanol–water partition coefficient (Wildman–Crippen LogP) is 5.05. The van der Waals surface area contributed by atoms with Gasteiger partial charge in [0.2, 0.25) is 11.8 Å². The minimum absolute atomic E-state index is 0.0364. The molecule has 1 atom stereocenters. The predicted molar refractivity (Wildman–Crippen MR) is 147 cm³/mol. The maximum Gasteiger partial charge on any atom is 0.264 e.